The average molecular weight is 208 g/mol. The maximum absolute atomic E-state index is 13.6. The molecule has 0 aliphatic heterocycles. The van der Waals surface area contributed by atoms with Gasteiger partial charge in [-0.1, -0.05) is 25.1 Å². The molecule has 2 rings (SSSR count). The molecular formula is C13H17FO. The highest BCUT2D eigenvalue weighted by atomic mass is 19.1. The fourth-order valence-corrected chi connectivity index (χ4v) is 2.35. The van der Waals surface area contributed by atoms with Crippen LogP contribution in [0.1, 0.15) is 38.2 Å². The van der Waals surface area contributed by atoms with Gasteiger partial charge in [0, 0.05) is 5.56 Å². The zero-order valence-electron chi connectivity index (χ0n) is 9.04. The normalized spacial score (nSPS) is 31.5. The van der Waals surface area contributed by atoms with Crippen LogP contribution in [-0.2, 0) is 5.60 Å². The topological polar surface area (TPSA) is 20.2 Å². The van der Waals surface area contributed by atoms with Crippen LogP contribution in [0.3, 0.4) is 0 Å². The molecule has 0 atom stereocenters. The van der Waals surface area contributed by atoms with Crippen molar-refractivity contribution in [3.8, 4) is 0 Å². The molecule has 1 fully saturated rings. The van der Waals surface area contributed by atoms with Gasteiger partial charge in [-0.3, -0.25) is 0 Å². The number of benzene rings is 1. The predicted octanol–water partition coefficient (Wildman–Crippen LogP) is 3.22. The third-order valence-electron chi connectivity index (χ3n) is 3.48. The third-order valence-corrected chi connectivity index (χ3v) is 3.48. The van der Waals surface area contributed by atoms with E-state index in [9.17, 15) is 9.50 Å². The summed E-state index contributed by atoms with van der Waals surface area (Å²) in [5.41, 5.74) is -0.463. The lowest BCUT2D eigenvalue weighted by atomic mass is 9.76. The molecule has 0 unspecified atom stereocenters. The maximum atomic E-state index is 13.6. The van der Waals surface area contributed by atoms with Crippen LogP contribution >= 0.6 is 0 Å². The zero-order chi connectivity index (χ0) is 10.9. The molecule has 1 N–H and O–H groups in total. The standard InChI is InChI=1S/C13H17FO/c1-10-6-8-13(15,9-7-10)11-4-2-3-5-12(11)14/h2-5,10,15H,6-9H2,1H3. The lowest BCUT2D eigenvalue weighted by Crippen LogP contribution is -2.31. The Morgan fingerprint density at radius 3 is 2.47 bits per heavy atom. The Kier molecular flexibility index (Phi) is 2.79. The highest BCUT2D eigenvalue weighted by Crippen LogP contribution is 2.39. The van der Waals surface area contributed by atoms with Crippen LogP contribution < -0.4 is 0 Å². The highest BCUT2D eigenvalue weighted by molar-refractivity contribution is 5.24. The maximum Gasteiger partial charge on any atom is 0.129 e. The summed E-state index contributed by atoms with van der Waals surface area (Å²) < 4.78 is 13.6. The fourth-order valence-electron chi connectivity index (χ4n) is 2.35. The molecule has 15 heavy (non-hydrogen) atoms. The number of hydrogen-bond donors (Lipinski definition) is 1. The van der Waals surface area contributed by atoms with Gasteiger partial charge >= 0.3 is 0 Å². The number of halogens is 1. The van der Waals surface area contributed by atoms with Gasteiger partial charge in [0.25, 0.3) is 0 Å². The van der Waals surface area contributed by atoms with Crippen molar-refractivity contribution in [2.24, 2.45) is 5.92 Å². The van der Waals surface area contributed by atoms with Crippen LogP contribution in [0.15, 0.2) is 24.3 Å². The first kappa shape index (κ1) is 10.6. The fraction of sp³-hybridized carbons (Fsp3) is 0.538. The van der Waals surface area contributed by atoms with Crippen molar-refractivity contribution in [2.45, 2.75) is 38.2 Å². The van der Waals surface area contributed by atoms with Gasteiger partial charge in [0.15, 0.2) is 0 Å². The van der Waals surface area contributed by atoms with Gasteiger partial charge in [-0.2, -0.15) is 0 Å². The summed E-state index contributed by atoms with van der Waals surface area (Å²) in [7, 11) is 0. The van der Waals surface area contributed by atoms with Crippen molar-refractivity contribution in [2.75, 3.05) is 0 Å². The quantitative estimate of drug-likeness (QED) is 0.751. The summed E-state index contributed by atoms with van der Waals surface area (Å²) in [4.78, 5) is 0. The van der Waals surface area contributed by atoms with Crippen LogP contribution in [0.5, 0.6) is 0 Å². The molecule has 1 aliphatic carbocycles. The van der Waals surface area contributed by atoms with Crippen molar-refractivity contribution >= 4 is 0 Å². The third kappa shape index (κ3) is 2.05. The Hall–Kier alpha value is -0.890. The largest absolute Gasteiger partial charge is 0.385 e. The first-order valence-electron chi connectivity index (χ1n) is 5.59. The molecule has 0 heterocycles. The molecular weight excluding hydrogens is 191 g/mol. The van der Waals surface area contributed by atoms with E-state index in [-0.39, 0.29) is 5.82 Å². The summed E-state index contributed by atoms with van der Waals surface area (Å²) in [6, 6.07) is 6.57. The first-order chi connectivity index (χ1) is 7.12. The molecule has 82 valence electrons. The molecule has 0 saturated heterocycles. The minimum absolute atomic E-state index is 0.283. The number of rotatable bonds is 1. The van der Waals surface area contributed by atoms with Crippen molar-refractivity contribution in [1.82, 2.24) is 0 Å². The molecule has 1 nitrogen and oxygen atoms in total. The summed E-state index contributed by atoms with van der Waals surface area (Å²) in [6.45, 7) is 2.18. The Bertz CT molecular complexity index is 340. The number of hydrogen-bond acceptors (Lipinski definition) is 1. The second-order valence-corrected chi connectivity index (χ2v) is 4.69. The SMILES string of the molecule is CC1CCC(O)(c2ccccc2F)CC1. The van der Waals surface area contributed by atoms with E-state index in [1.165, 1.54) is 6.07 Å². The Morgan fingerprint density at radius 1 is 1.27 bits per heavy atom. The first-order valence-corrected chi connectivity index (χ1v) is 5.59. The smallest absolute Gasteiger partial charge is 0.129 e. The van der Waals surface area contributed by atoms with Crippen LogP contribution in [0.25, 0.3) is 0 Å². The second-order valence-electron chi connectivity index (χ2n) is 4.69. The molecule has 0 radical (unpaired) electrons. The van der Waals surface area contributed by atoms with E-state index in [1.807, 2.05) is 0 Å². The molecule has 0 spiro atoms. The van der Waals surface area contributed by atoms with Crippen LogP contribution in [0.2, 0.25) is 0 Å². The molecule has 0 aromatic heterocycles. The van der Waals surface area contributed by atoms with Crippen molar-refractivity contribution in [1.29, 1.82) is 0 Å². The minimum Gasteiger partial charge on any atom is -0.385 e. The van der Waals surface area contributed by atoms with Crippen molar-refractivity contribution in [3.05, 3.63) is 35.6 Å². The van der Waals surface area contributed by atoms with Gasteiger partial charge in [0.05, 0.1) is 5.60 Å². The molecule has 1 aromatic carbocycles. The lowest BCUT2D eigenvalue weighted by Gasteiger charge is -2.35. The molecule has 2 heteroatoms. The van der Waals surface area contributed by atoms with E-state index >= 15 is 0 Å². The zero-order valence-corrected chi connectivity index (χ0v) is 9.04. The molecule has 1 aliphatic rings. The summed E-state index contributed by atoms with van der Waals surface area (Å²) in [6.07, 6.45) is 3.31. The highest BCUT2D eigenvalue weighted by Gasteiger charge is 2.35. The van der Waals surface area contributed by atoms with Gasteiger partial charge in [-0.05, 0) is 37.7 Å². The molecule has 1 saturated carbocycles. The Balaban J connectivity index is 2.26. The van der Waals surface area contributed by atoms with Gasteiger partial charge in [-0.15, -0.1) is 0 Å². The second kappa shape index (κ2) is 3.93. The van der Waals surface area contributed by atoms with Crippen molar-refractivity contribution < 1.29 is 9.50 Å². The average Bonchev–Trinajstić information content (AvgIpc) is 2.23. The van der Waals surface area contributed by atoms with Crippen LogP contribution in [0.4, 0.5) is 4.39 Å². The Labute approximate surface area is 89.9 Å². The summed E-state index contributed by atoms with van der Waals surface area (Å²) >= 11 is 0. The molecule has 1 aromatic rings. The van der Waals surface area contributed by atoms with Crippen LogP contribution in [0, 0.1) is 11.7 Å². The van der Waals surface area contributed by atoms with E-state index in [0.717, 1.165) is 12.8 Å². The van der Waals surface area contributed by atoms with Gasteiger partial charge in [0.1, 0.15) is 5.82 Å². The predicted molar refractivity (Wildman–Crippen MR) is 57.9 cm³/mol. The van der Waals surface area contributed by atoms with Gasteiger partial charge < -0.3 is 5.11 Å². The van der Waals surface area contributed by atoms with E-state index in [1.54, 1.807) is 18.2 Å². The van der Waals surface area contributed by atoms with Gasteiger partial charge in [-0.25, -0.2) is 4.39 Å². The van der Waals surface area contributed by atoms with E-state index < -0.39 is 5.60 Å². The summed E-state index contributed by atoms with van der Waals surface area (Å²) in [5, 5.41) is 10.4. The van der Waals surface area contributed by atoms with E-state index in [4.69, 9.17) is 0 Å². The monoisotopic (exact) mass is 208 g/mol. The Morgan fingerprint density at radius 2 is 1.87 bits per heavy atom. The van der Waals surface area contributed by atoms with E-state index in [0.29, 0.717) is 24.3 Å². The lowest BCUT2D eigenvalue weighted by molar-refractivity contribution is -0.0149. The summed E-state index contributed by atoms with van der Waals surface area (Å²) in [5.74, 6) is 0.367. The van der Waals surface area contributed by atoms with Gasteiger partial charge in [0.2, 0.25) is 0 Å². The molecule has 0 bridgehead atoms. The van der Waals surface area contributed by atoms with Crippen molar-refractivity contribution in [3.63, 3.8) is 0 Å². The molecule has 0 amide bonds. The van der Waals surface area contributed by atoms with Crippen LogP contribution in [-0.4, -0.2) is 5.11 Å². The van der Waals surface area contributed by atoms with E-state index in [2.05, 4.69) is 6.92 Å². The number of aliphatic hydroxyl groups is 1. The minimum atomic E-state index is -0.933.